The van der Waals surface area contributed by atoms with Crippen LogP contribution in [-0.4, -0.2) is 43.8 Å². The summed E-state index contributed by atoms with van der Waals surface area (Å²) in [5.74, 6) is 1.12. The lowest BCUT2D eigenvalue weighted by atomic mass is 9.73. The SMILES string of the molecule is Nc1ncccc1-c1nc2ccc(-c3cccc(N4CCC(O)CC4)c3)nc2n1-c1ccc(C2(N)CCC2)cc1. The molecule has 5 aromatic rings. The second-order valence-electron chi connectivity index (χ2n) is 11.1. The molecule has 202 valence electrons. The van der Waals surface area contributed by atoms with Crippen molar-refractivity contribution in [2.45, 2.75) is 43.7 Å². The van der Waals surface area contributed by atoms with Gasteiger partial charge in [-0.3, -0.25) is 4.57 Å². The molecule has 0 amide bonds. The third-order valence-electron chi connectivity index (χ3n) is 8.50. The number of nitrogens with two attached hydrogens (primary N) is 2. The van der Waals surface area contributed by atoms with Crippen LogP contribution in [0.15, 0.2) is 79.0 Å². The number of benzene rings is 2. The molecule has 3 aromatic heterocycles. The van der Waals surface area contributed by atoms with Crippen molar-refractivity contribution in [1.29, 1.82) is 0 Å². The van der Waals surface area contributed by atoms with E-state index in [9.17, 15) is 5.11 Å². The molecule has 0 spiro atoms. The van der Waals surface area contributed by atoms with Crippen molar-refractivity contribution in [3.05, 3.63) is 84.6 Å². The molecule has 1 aliphatic carbocycles. The predicted molar refractivity (Wildman–Crippen MR) is 159 cm³/mol. The van der Waals surface area contributed by atoms with Crippen molar-refractivity contribution >= 4 is 22.7 Å². The number of hydrogen-bond donors (Lipinski definition) is 3. The molecule has 0 unspecified atom stereocenters. The number of aliphatic hydroxyl groups is 1. The summed E-state index contributed by atoms with van der Waals surface area (Å²) in [4.78, 5) is 16.8. The van der Waals surface area contributed by atoms with Crippen molar-refractivity contribution < 1.29 is 5.11 Å². The van der Waals surface area contributed by atoms with Crippen LogP contribution in [-0.2, 0) is 5.54 Å². The van der Waals surface area contributed by atoms with Crippen LogP contribution < -0.4 is 16.4 Å². The van der Waals surface area contributed by atoms with Gasteiger partial charge < -0.3 is 21.5 Å². The number of pyridine rings is 2. The minimum absolute atomic E-state index is 0.204. The lowest BCUT2D eigenvalue weighted by Crippen LogP contribution is -2.43. The highest BCUT2D eigenvalue weighted by Crippen LogP contribution is 2.39. The Morgan fingerprint density at radius 3 is 2.40 bits per heavy atom. The van der Waals surface area contributed by atoms with Gasteiger partial charge in [0, 0.05) is 41.8 Å². The molecule has 1 saturated carbocycles. The maximum Gasteiger partial charge on any atom is 0.165 e. The van der Waals surface area contributed by atoms with Gasteiger partial charge in [-0.25, -0.2) is 15.0 Å². The summed E-state index contributed by atoms with van der Waals surface area (Å²) in [6.07, 6.45) is 6.26. The molecule has 0 bridgehead atoms. The monoisotopic (exact) mass is 531 g/mol. The molecule has 4 heterocycles. The highest BCUT2D eigenvalue weighted by Gasteiger charge is 2.34. The third-order valence-corrected chi connectivity index (χ3v) is 8.50. The lowest BCUT2D eigenvalue weighted by Gasteiger charge is -2.38. The van der Waals surface area contributed by atoms with Gasteiger partial charge in [0.05, 0.1) is 17.4 Å². The first-order chi connectivity index (χ1) is 19.5. The number of imidazole rings is 1. The number of hydrogen-bond acceptors (Lipinski definition) is 7. The predicted octanol–water partition coefficient (Wildman–Crippen LogP) is 5.03. The van der Waals surface area contributed by atoms with Crippen molar-refractivity contribution in [3.63, 3.8) is 0 Å². The van der Waals surface area contributed by atoms with Crippen molar-refractivity contribution in [2.24, 2.45) is 5.73 Å². The first kappa shape index (κ1) is 24.7. The van der Waals surface area contributed by atoms with Crippen LogP contribution in [0.3, 0.4) is 0 Å². The summed E-state index contributed by atoms with van der Waals surface area (Å²) < 4.78 is 2.07. The van der Waals surface area contributed by atoms with Crippen molar-refractivity contribution in [3.8, 4) is 28.3 Å². The standard InChI is InChI=1S/C32H33N7O/c33-29-26(6-2-17-35-29)30-37-28-12-11-27(21-4-1-5-24(20-21)38-18-13-25(40)14-19-38)36-31(28)39(30)23-9-7-22(8-10-23)32(34)15-3-16-32/h1-2,4-12,17,20,25,40H,3,13-16,18-19,34H2,(H2,33,35). The Kier molecular flexibility index (Phi) is 6.02. The average Bonchev–Trinajstić information content (AvgIpc) is 3.35. The summed E-state index contributed by atoms with van der Waals surface area (Å²) in [5, 5.41) is 9.94. The van der Waals surface area contributed by atoms with Crippen LogP contribution in [0, 0.1) is 0 Å². The number of nitrogens with zero attached hydrogens (tertiary/aromatic N) is 5. The number of anilines is 2. The van der Waals surface area contributed by atoms with Crippen LogP contribution in [0.4, 0.5) is 11.5 Å². The van der Waals surface area contributed by atoms with Crippen LogP contribution in [0.1, 0.15) is 37.7 Å². The maximum absolute atomic E-state index is 9.94. The van der Waals surface area contributed by atoms with Gasteiger partial charge in [0.15, 0.2) is 11.5 Å². The summed E-state index contributed by atoms with van der Waals surface area (Å²) in [6.45, 7) is 1.69. The quantitative estimate of drug-likeness (QED) is 0.291. The topological polar surface area (TPSA) is 119 Å². The fourth-order valence-electron chi connectivity index (χ4n) is 5.92. The Labute approximate surface area is 233 Å². The smallest absolute Gasteiger partial charge is 0.165 e. The number of aromatic nitrogens is 4. The summed E-state index contributed by atoms with van der Waals surface area (Å²) in [6, 6.07) is 24.8. The van der Waals surface area contributed by atoms with Crippen molar-refractivity contribution in [2.75, 3.05) is 23.7 Å². The van der Waals surface area contributed by atoms with E-state index in [0.717, 1.165) is 83.7 Å². The molecule has 1 saturated heterocycles. The first-order valence-corrected chi connectivity index (χ1v) is 14.0. The van der Waals surface area contributed by atoms with E-state index in [1.165, 1.54) is 6.42 Å². The fourth-order valence-corrected chi connectivity index (χ4v) is 5.92. The molecule has 8 nitrogen and oxygen atoms in total. The Morgan fingerprint density at radius 1 is 0.875 bits per heavy atom. The largest absolute Gasteiger partial charge is 0.393 e. The molecule has 2 fully saturated rings. The molecule has 2 aliphatic rings. The van der Waals surface area contributed by atoms with Crippen LogP contribution in [0.2, 0.25) is 0 Å². The van der Waals surface area contributed by atoms with Gasteiger partial charge in [-0.15, -0.1) is 0 Å². The van der Waals surface area contributed by atoms with Gasteiger partial charge in [0.2, 0.25) is 0 Å². The van der Waals surface area contributed by atoms with Gasteiger partial charge in [0.25, 0.3) is 0 Å². The van der Waals surface area contributed by atoms with Gasteiger partial charge in [-0.05, 0) is 86.2 Å². The second kappa shape index (κ2) is 9.73. The van der Waals surface area contributed by atoms with Crippen LogP contribution in [0.25, 0.3) is 39.5 Å². The van der Waals surface area contributed by atoms with E-state index in [1.807, 2.05) is 24.3 Å². The molecule has 0 atom stereocenters. The Bertz CT molecular complexity index is 1680. The third kappa shape index (κ3) is 4.29. The Morgan fingerprint density at radius 2 is 1.68 bits per heavy atom. The van der Waals surface area contributed by atoms with Gasteiger partial charge in [-0.2, -0.15) is 0 Å². The lowest BCUT2D eigenvalue weighted by molar-refractivity contribution is 0.145. The molecular formula is C32H33N7O. The number of fused-ring (bicyclic) bond motifs is 1. The number of rotatable bonds is 5. The van der Waals surface area contributed by atoms with Gasteiger partial charge in [0.1, 0.15) is 11.3 Å². The Balaban J connectivity index is 1.34. The summed E-state index contributed by atoms with van der Waals surface area (Å²) in [5.41, 5.74) is 20.1. The molecule has 40 heavy (non-hydrogen) atoms. The fraction of sp³-hybridized carbons (Fsp3) is 0.281. The molecular weight excluding hydrogens is 498 g/mol. The molecule has 8 heteroatoms. The minimum atomic E-state index is -0.227. The van der Waals surface area contributed by atoms with E-state index < -0.39 is 0 Å². The number of piperidine rings is 1. The van der Waals surface area contributed by atoms with Crippen LogP contribution >= 0.6 is 0 Å². The highest BCUT2D eigenvalue weighted by atomic mass is 16.3. The molecule has 1 aliphatic heterocycles. The first-order valence-electron chi connectivity index (χ1n) is 14.0. The van der Waals surface area contributed by atoms with Gasteiger partial charge >= 0.3 is 0 Å². The Hall–Kier alpha value is -4.27. The molecule has 7 rings (SSSR count). The van der Waals surface area contributed by atoms with E-state index in [2.05, 4.69) is 63.0 Å². The molecule has 0 radical (unpaired) electrons. The molecule has 2 aromatic carbocycles. The van der Waals surface area contributed by atoms with Crippen molar-refractivity contribution in [1.82, 2.24) is 19.5 Å². The minimum Gasteiger partial charge on any atom is -0.393 e. The van der Waals surface area contributed by atoms with E-state index >= 15 is 0 Å². The normalized spacial score (nSPS) is 17.2. The molecule has 5 N–H and O–H groups in total. The average molecular weight is 532 g/mol. The van der Waals surface area contributed by atoms with E-state index in [1.54, 1.807) is 6.20 Å². The van der Waals surface area contributed by atoms with Crippen LogP contribution in [0.5, 0.6) is 0 Å². The zero-order chi connectivity index (χ0) is 27.3. The second-order valence-corrected chi connectivity index (χ2v) is 11.1. The number of nitrogen functional groups attached to an aromatic ring is 1. The van der Waals surface area contributed by atoms with E-state index in [4.69, 9.17) is 21.4 Å². The van der Waals surface area contributed by atoms with E-state index in [-0.39, 0.29) is 11.6 Å². The zero-order valence-corrected chi connectivity index (χ0v) is 22.4. The highest BCUT2D eigenvalue weighted by molar-refractivity contribution is 5.84. The van der Waals surface area contributed by atoms with Gasteiger partial charge in [-0.1, -0.05) is 24.3 Å². The van der Waals surface area contributed by atoms with E-state index in [0.29, 0.717) is 11.6 Å². The summed E-state index contributed by atoms with van der Waals surface area (Å²) in [7, 11) is 0. The zero-order valence-electron chi connectivity index (χ0n) is 22.4. The number of aliphatic hydroxyl groups excluding tert-OH is 1. The summed E-state index contributed by atoms with van der Waals surface area (Å²) >= 11 is 0. The maximum atomic E-state index is 9.94.